The quantitative estimate of drug-likeness (QED) is 0.350. The Morgan fingerprint density at radius 2 is 1.83 bits per heavy atom. The predicted octanol–water partition coefficient (Wildman–Crippen LogP) is 3.76. The molecule has 0 saturated heterocycles. The minimum atomic E-state index is -1.77. The third-order valence-corrected chi connectivity index (χ3v) is 6.79. The maximum absolute atomic E-state index is 12.2. The topological polar surface area (TPSA) is 102 Å². The molecule has 0 fully saturated rings. The number of carbonyl (C=O) groups is 2. The van der Waals surface area contributed by atoms with E-state index < -0.39 is 24.0 Å². The van der Waals surface area contributed by atoms with Gasteiger partial charge in [-0.15, -0.1) is 23.1 Å². The van der Waals surface area contributed by atoms with Crippen LogP contribution in [-0.2, 0) is 22.4 Å². The van der Waals surface area contributed by atoms with Crippen molar-refractivity contribution in [1.82, 2.24) is 15.5 Å². The highest BCUT2D eigenvalue weighted by molar-refractivity contribution is 8.02. The molecule has 2 unspecified atom stereocenters. The van der Waals surface area contributed by atoms with Gasteiger partial charge in [0.15, 0.2) is 12.2 Å². The van der Waals surface area contributed by atoms with Crippen molar-refractivity contribution in [1.29, 1.82) is 0 Å². The Kier molecular flexibility index (Phi) is 16.6. The number of aliphatic hydroxyl groups is 2. The Labute approximate surface area is 224 Å². The lowest BCUT2D eigenvalue weighted by atomic mass is 10.1. The predicted molar refractivity (Wildman–Crippen MR) is 151 cm³/mol. The van der Waals surface area contributed by atoms with E-state index in [2.05, 4.69) is 34.2 Å². The molecule has 0 saturated carbocycles. The number of likely N-dealkylation sites (N-methyl/N-ethyl adjacent to an activating group) is 1. The number of benzene rings is 1. The van der Waals surface area contributed by atoms with Gasteiger partial charge in [0.1, 0.15) is 0 Å². The second-order valence-electron chi connectivity index (χ2n) is 7.75. The van der Waals surface area contributed by atoms with Crippen molar-refractivity contribution < 1.29 is 19.8 Å². The molecule has 0 aliphatic carbocycles. The van der Waals surface area contributed by atoms with Crippen LogP contribution in [0.2, 0.25) is 0 Å². The van der Waals surface area contributed by atoms with Crippen molar-refractivity contribution in [3.63, 3.8) is 0 Å². The highest BCUT2D eigenvalue weighted by atomic mass is 32.2. The summed E-state index contributed by atoms with van der Waals surface area (Å²) in [4.78, 5) is 26.9. The number of carbonyl (C=O) groups excluding carboxylic acids is 2. The van der Waals surface area contributed by atoms with Gasteiger partial charge in [0, 0.05) is 30.7 Å². The molecular weight excluding hydrogens is 494 g/mol. The first kappa shape index (κ1) is 31.7. The van der Waals surface area contributed by atoms with Crippen molar-refractivity contribution in [2.45, 2.75) is 59.2 Å². The zero-order valence-corrected chi connectivity index (χ0v) is 23.4. The summed E-state index contributed by atoms with van der Waals surface area (Å²) in [5, 5.41) is 29.8. The van der Waals surface area contributed by atoms with Crippen LogP contribution in [0.1, 0.15) is 50.1 Å². The number of nitrogens with one attached hydrogen (secondary N) is 2. The van der Waals surface area contributed by atoms with Crippen molar-refractivity contribution >= 4 is 34.9 Å². The average molecular weight is 536 g/mol. The molecule has 2 aromatic rings. The van der Waals surface area contributed by atoms with E-state index in [1.807, 2.05) is 50.6 Å². The molecule has 7 nitrogen and oxygen atoms in total. The lowest BCUT2D eigenvalue weighted by molar-refractivity contribution is -0.153. The SMILES string of the molecule is C1=CSCN1.CC.CCCN(CC)C(=O)C(O)C(O)C(=O)NCCc1cc(Cc2ccccc2)cs1. The van der Waals surface area contributed by atoms with E-state index in [0.29, 0.717) is 26.1 Å². The van der Waals surface area contributed by atoms with Gasteiger partial charge in [-0.1, -0.05) is 51.1 Å². The third kappa shape index (κ3) is 11.6. The molecule has 1 aromatic carbocycles. The molecule has 2 heterocycles. The molecule has 2 atom stereocenters. The first-order chi connectivity index (χ1) is 17.5. The zero-order valence-electron chi connectivity index (χ0n) is 21.8. The third-order valence-electron chi connectivity index (χ3n) is 5.09. The van der Waals surface area contributed by atoms with Gasteiger partial charge >= 0.3 is 0 Å². The lowest BCUT2D eigenvalue weighted by Crippen LogP contribution is -2.51. The van der Waals surface area contributed by atoms with E-state index in [1.165, 1.54) is 16.0 Å². The number of thioether (sulfide) groups is 1. The molecule has 2 amide bonds. The number of rotatable bonds is 11. The molecule has 3 rings (SSSR count). The maximum Gasteiger partial charge on any atom is 0.254 e. The summed E-state index contributed by atoms with van der Waals surface area (Å²) in [6.45, 7) is 8.93. The Morgan fingerprint density at radius 1 is 1.11 bits per heavy atom. The Hall–Kier alpha value is -2.33. The van der Waals surface area contributed by atoms with Gasteiger partial charge < -0.3 is 25.7 Å². The number of amides is 2. The van der Waals surface area contributed by atoms with Crippen molar-refractivity contribution in [3.8, 4) is 0 Å². The monoisotopic (exact) mass is 535 g/mol. The molecular formula is C27H41N3O4S2. The van der Waals surface area contributed by atoms with E-state index in [0.717, 1.165) is 23.6 Å². The van der Waals surface area contributed by atoms with Gasteiger partial charge in [0.25, 0.3) is 11.8 Å². The maximum atomic E-state index is 12.2. The molecule has 4 N–H and O–H groups in total. The largest absolute Gasteiger partial charge is 0.381 e. The summed E-state index contributed by atoms with van der Waals surface area (Å²) in [6.07, 6.45) is 0.652. The van der Waals surface area contributed by atoms with Crippen molar-refractivity contribution in [2.75, 3.05) is 25.5 Å². The summed E-state index contributed by atoms with van der Waals surface area (Å²) >= 11 is 3.41. The van der Waals surface area contributed by atoms with Crippen LogP contribution in [0.25, 0.3) is 0 Å². The fraction of sp³-hybridized carbons (Fsp3) is 0.481. The van der Waals surface area contributed by atoms with Crippen LogP contribution >= 0.6 is 23.1 Å². The van der Waals surface area contributed by atoms with E-state index in [1.54, 1.807) is 30.0 Å². The summed E-state index contributed by atoms with van der Waals surface area (Å²) in [7, 11) is 0. The summed E-state index contributed by atoms with van der Waals surface area (Å²) < 4.78 is 0. The van der Waals surface area contributed by atoms with Gasteiger partial charge in [0.05, 0.1) is 5.88 Å². The molecule has 0 bridgehead atoms. The average Bonchev–Trinajstić information content (AvgIpc) is 3.63. The summed E-state index contributed by atoms with van der Waals surface area (Å²) in [5.41, 5.74) is 2.47. The highest BCUT2D eigenvalue weighted by Gasteiger charge is 2.32. The minimum absolute atomic E-state index is 0.328. The Morgan fingerprint density at radius 3 is 2.39 bits per heavy atom. The molecule has 1 aromatic heterocycles. The molecule has 200 valence electrons. The molecule has 0 spiro atoms. The van der Waals surface area contributed by atoms with Crippen LogP contribution in [0.4, 0.5) is 0 Å². The number of hydrogen-bond donors (Lipinski definition) is 4. The Bertz CT molecular complexity index is 899. The van der Waals surface area contributed by atoms with Crippen molar-refractivity contribution in [2.24, 2.45) is 0 Å². The van der Waals surface area contributed by atoms with Crippen molar-refractivity contribution in [3.05, 3.63) is 69.4 Å². The Balaban J connectivity index is 0.000000806. The smallest absolute Gasteiger partial charge is 0.254 e. The first-order valence-electron chi connectivity index (χ1n) is 12.5. The van der Waals surface area contributed by atoms with Gasteiger partial charge in [-0.25, -0.2) is 0 Å². The summed E-state index contributed by atoms with van der Waals surface area (Å²) in [5.74, 6) is -0.305. The van der Waals surface area contributed by atoms with Crippen LogP contribution < -0.4 is 10.6 Å². The fourth-order valence-corrected chi connectivity index (χ4v) is 4.67. The second-order valence-corrected chi connectivity index (χ2v) is 9.64. The van der Waals surface area contributed by atoms with Gasteiger partial charge in [-0.3, -0.25) is 9.59 Å². The fourth-order valence-electron chi connectivity index (χ4n) is 3.30. The lowest BCUT2D eigenvalue weighted by Gasteiger charge is -2.25. The molecule has 0 radical (unpaired) electrons. The highest BCUT2D eigenvalue weighted by Crippen LogP contribution is 2.18. The zero-order chi connectivity index (χ0) is 26.8. The number of nitrogens with zero attached hydrogens (tertiary/aromatic N) is 1. The number of hydrogen-bond acceptors (Lipinski definition) is 7. The van der Waals surface area contributed by atoms with E-state index in [4.69, 9.17) is 0 Å². The van der Waals surface area contributed by atoms with E-state index in [-0.39, 0.29) is 0 Å². The standard InChI is InChI=1S/C22H30N2O4S.C3H5NS.C2H6/c1-3-12-24(4-2)22(28)20(26)19(25)21(27)23-11-10-18-14-17(15-29-18)13-16-8-6-5-7-9-16;1-2-5-3-4-1;1-2/h5-9,14-15,19-20,25-26H,3-4,10-13H2,1-2H3,(H,23,27);1-2,4H,3H2;1-2H3. The van der Waals surface area contributed by atoms with Gasteiger partial charge in [-0.05, 0) is 54.2 Å². The van der Waals surface area contributed by atoms with Gasteiger partial charge in [0.2, 0.25) is 0 Å². The molecule has 1 aliphatic heterocycles. The first-order valence-corrected chi connectivity index (χ1v) is 14.4. The van der Waals surface area contributed by atoms with Crippen LogP contribution in [0, 0.1) is 0 Å². The van der Waals surface area contributed by atoms with Crippen LogP contribution in [0.15, 0.2) is 53.4 Å². The van der Waals surface area contributed by atoms with Crippen LogP contribution in [0.3, 0.4) is 0 Å². The number of aliphatic hydroxyl groups excluding tert-OH is 2. The van der Waals surface area contributed by atoms with Crippen LogP contribution in [-0.4, -0.2) is 64.6 Å². The normalized spacial score (nSPS) is 13.3. The van der Waals surface area contributed by atoms with E-state index in [9.17, 15) is 19.8 Å². The second kappa shape index (κ2) is 18.9. The van der Waals surface area contributed by atoms with Gasteiger partial charge in [-0.2, -0.15) is 0 Å². The van der Waals surface area contributed by atoms with Crippen LogP contribution in [0.5, 0.6) is 0 Å². The minimum Gasteiger partial charge on any atom is -0.381 e. The van der Waals surface area contributed by atoms with E-state index >= 15 is 0 Å². The number of thiophene rings is 1. The summed E-state index contributed by atoms with van der Waals surface area (Å²) in [6, 6.07) is 12.3. The molecule has 1 aliphatic rings. The molecule has 36 heavy (non-hydrogen) atoms. The molecule has 9 heteroatoms.